The monoisotopic (exact) mass is 450 g/mol. The van der Waals surface area contributed by atoms with E-state index in [0.717, 1.165) is 19.3 Å². The summed E-state index contributed by atoms with van der Waals surface area (Å²) in [6.07, 6.45) is 6.31. The fraction of sp³-hybridized carbons (Fsp3) is 1.00. The molecule has 4 rings (SSSR count). The molecule has 0 aromatic rings. The normalized spacial score (nSPS) is 50.2. The molecular formula is C28H50O4. The van der Waals surface area contributed by atoms with Crippen LogP contribution in [0.4, 0.5) is 0 Å². The maximum Gasteiger partial charge on any atom is 0.0830 e. The van der Waals surface area contributed by atoms with Crippen molar-refractivity contribution in [3.63, 3.8) is 0 Å². The molecular weight excluding hydrogens is 400 g/mol. The molecule has 4 saturated carbocycles. The fourth-order valence-electron chi connectivity index (χ4n) is 9.43. The number of aliphatic hydroxyl groups is 4. The van der Waals surface area contributed by atoms with Crippen LogP contribution in [0.25, 0.3) is 0 Å². The second-order valence-electron chi connectivity index (χ2n) is 13.4. The summed E-state index contributed by atoms with van der Waals surface area (Å²) in [5, 5.41) is 42.8. The second kappa shape index (κ2) is 8.81. The highest BCUT2D eigenvalue weighted by Gasteiger charge is 2.62. The number of hydrogen-bond acceptors (Lipinski definition) is 4. The second-order valence-corrected chi connectivity index (χ2v) is 13.4. The van der Waals surface area contributed by atoms with E-state index in [2.05, 4.69) is 41.5 Å². The van der Waals surface area contributed by atoms with Crippen molar-refractivity contribution in [2.24, 2.45) is 58.2 Å². The van der Waals surface area contributed by atoms with Gasteiger partial charge in [-0.1, -0.05) is 41.5 Å². The molecule has 0 amide bonds. The molecule has 0 bridgehead atoms. The molecule has 0 saturated heterocycles. The van der Waals surface area contributed by atoms with Crippen LogP contribution in [0.2, 0.25) is 0 Å². The van der Waals surface area contributed by atoms with Gasteiger partial charge in [-0.05, 0) is 110 Å². The Morgan fingerprint density at radius 1 is 0.750 bits per heavy atom. The van der Waals surface area contributed by atoms with Gasteiger partial charge >= 0.3 is 0 Å². The van der Waals surface area contributed by atoms with Crippen LogP contribution in [0.15, 0.2) is 0 Å². The average molecular weight is 451 g/mol. The Hall–Kier alpha value is -0.160. The SMILES string of the molecule is CC(C)[C@H](C)[C@@H](O)[C@H](O)[C@@H](C)[C@H]1CC[C@H]2[C@H]3CC[C@H]4C[C@@H](O)[C@H](O)C[C@@]4(C)[C@H]3CC[C@]12C. The molecule has 4 fully saturated rings. The zero-order chi connectivity index (χ0) is 23.6. The standard InChI is InChI=1S/C28H50O4/c1-15(2)16(3)25(31)26(32)17(4)20-9-10-21-19-8-7-18-13-23(29)24(30)14-28(18,6)22(19)11-12-27(20,21)5/h15-26,29-32H,7-14H2,1-6H3/t16-,17-,18-,19+,20+,21-,22-,23+,24+,25+,26+,27+,28+/m0/s1. The minimum atomic E-state index is -0.659. The van der Waals surface area contributed by atoms with Crippen LogP contribution < -0.4 is 0 Å². The first-order chi connectivity index (χ1) is 14.9. The van der Waals surface area contributed by atoms with E-state index in [4.69, 9.17) is 0 Å². The van der Waals surface area contributed by atoms with Gasteiger partial charge in [-0.3, -0.25) is 0 Å². The highest BCUT2D eigenvalue weighted by Crippen LogP contribution is 2.68. The highest BCUT2D eigenvalue weighted by atomic mass is 16.3. The number of fused-ring (bicyclic) bond motifs is 5. The summed E-state index contributed by atoms with van der Waals surface area (Å²) in [5.74, 6) is 3.59. The molecule has 4 aliphatic carbocycles. The van der Waals surface area contributed by atoms with Crippen molar-refractivity contribution in [3.8, 4) is 0 Å². The number of aliphatic hydroxyl groups excluding tert-OH is 4. The molecule has 0 aliphatic heterocycles. The van der Waals surface area contributed by atoms with Crippen LogP contribution in [0.5, 0.6) is 0 Å². The first-order valence-corrected chi connectivity index (χ1v) is 13.6. The lowest BCUT2D eigenvalue weighted by Crippen LogP contribution is -2.57. The molecule has 32 heavy (non-hydrogen) atoms. The van der Waals surface area contributed by atoms with Crippen LogP contribution in [-0.2, 0) is 0 Å². The molecule has 4 heteroatoms. The van der Waals surface area contributed by atoms with Gasteiger partial charge in [0.15, 0.2) is 0 Å². The van der Waals surface area contributed by atoms with Gasteiger partial charge in [0.05, 0.1) is 24.4 Å². The third-order valence-corrected chi connectivity index (χ3v) is 11.9. The van der Waals surface area contributed by atoms with Crippen molar-refractivity contribution in [1.82, 2.24) is 0 Å². The molecule has 13 atom stereocenters. The molecule has 0 heterocycles. The molecule has 0 unspecified atom stereocenters. The van der Waals surface area contributed by atoms with Gasteiger partial charge in [0, 0.05) is 0 Å². The Balaban J connectivity index is 1.52. The van der Waals surface area contributed by atoms with Crippen molar-refractivity contribution < 1.29 is 20.4 Å². The maximum atomic E-state index is 11.2. The van der Waals surface area contributed by atoms with E-state index >= 15 is 0 Å². The van der Waals surface area contributed by atoms with E-state index in [1.54, 1.807) is 0 Å². The zero-order valence-corrected chi connectivity index (χ0v) is 21.4. The highest BCUT2D eigenvalue weighted by molar-refractivity contribution is 5.11. The van der Waals surface area contributed by atoms with E-state index in [-0.39, 0.29) is 22.7 Å². The minimum absolute atomic E-state index is 0.0940. The molecule has 0 radical (unpaired) electrons. The number of rotatable bonds is 5. The van der Waals surface area contributed by atoms with Gasteiger partial charge in [-0.2, -0.15) is 0 Å². The summed E-state index contributed by atoms with van der Waals surface area (Å²) >= 11 is 0. The van der Waals surface area contributed by atoms with Crippen LogP contribution in [0.3, 0.4) is 0 Å². The first kappa shape index (κ1) is 24.9. The van der Waals surface area contributed by atoms with Gasteiger partial charge in [-0.15, -0.1) is 0 Å². The lowest BCUT2D eigenvalue weighted by Gasteiger charge is -2.61. The molecule has 0 spiro atoms. The summed E-state index contributed by atoms with van der Waals surface area (Å²) in [7, 11) is 0. The van der Waals surface area contributed by atoms with Gasteiger partial charge < -0.3 is 20.4 Å². The van der Waals surface area contributed by atoms with E-state index in [1.807, 2.05) is 0 Å². The predicted molar refractivity (Wildman–Crippen MR) is 128 cm³/mol. The molecule has 186 valence electrons. The number of hydrogen-bond donors (Lipinski definition) is 4. The zero-order valence-electron chi connectivity index (χ0n) is 21.4. The predicted octanol–water partition coefficient (Wildman–Crippen LogP) is 4.63. The largest absolute Gasteiger partial charge is 0.390 e. The third-order valence-electron chi connectivity index (χ3n) is 11.9. The van der Waals surface area contributed by atoms with Gasteiger partial charge in [-0.25, -0.2) is 0 Å². The molecule has 4 nitrogen and oxygen atoms in total. The van der Waals surface area contributed by atoms with Crippen molar-refractivity contribution in [2.75, 3.05) is 0 Å². The average Bonchev–Trinajstić information content (AvgIpc) is 3.09. The van der Waals surface area contributed by atoms with Gasteiger partial charge in [0.2, 0.25) is 0 Å². The van der Waals surface area contributed by atoms with E-state index in [1.165, 1.54) is 32.1 Å². The van der Waals surface area contributed by atoms with Crippen molar-refractivity contribution in [3.05, 3.63) is 0 Å². The van der Waals surface area contributed by atoms with Crippen LogP contribution in [-0.4, -0.2) is 44.8 Å². The molecule has 4 aliphatic rings. The Bertz CT molecular complexity index is 666. The van der Waals surface area contributed by atoms with Crippen LogP contribution in [0, 0.1) is 58.2 Å². The van der Waals surface area contributed by atoms with Crippen molar-refractivity contribution in [1.29, 1.82) is 0 Å². The quantitative estimate of drug-likeness (QED) is 0.492. The first-order valence-electron chi connectivity index (χ1n) is 13.6. The summed E-state index contributed by atoms with van der Waals surface area (Å²) in [4.78, 5) is 0. The molecule has 4 N–H and O–H groups in total. The van der Waals surface area contributed by atoms with Gasteiger partial charge in [0.25, 0.3) is 0 Å². The van der Waals surface area contributed by atoms with Crippen molar-refractivity contribution >= 4 is 0 Å². The fourth-order valence-corrected chi connectivity index (χ4v) is 9.43. The smallest absolute Gasteiger partial charge is 0.0830 e. The van der Waals surface area contributed by atoms with E-state index in [0.29, 0.717) is 35.5 Å². The minimum Gasteiger partial charge on any atom is -0.390 e. The third kappa shape index (κ3) is 3.80. The topological polar surface area (TPSA) is 80.9 Å². The van der Waals surface area contributed by atoms with Gasteiger partial charge in [0.1, 0.15) is 0 Å². The molecule has 0 aromatic carbocycles. The summed E-state index contributed by atoms with van der Waals surface area (Å²) in [6.45, 7) is 13.4. The Labute approximate surface area is 196 Å². The van der Waals surface area contributed by atoms with E-state index < -0.39 is 24.4 Å². The Kier molecular flexibility index (Phi) is 6.87. The van der Waals surface area contributed by atoms with Crippen molar-refractivity contribution in [2.45, 2.75) is 117 Å². The Morgan fingerprint density at radius 3 is 2.06 bits per heavy atom. The van der Waals surface area contributed by atoms with Crippen LogP contribution in [0.1, 0.15) is 92.9 Å². The van der Waals surface area contributed by atoms with Crippen LogP contribution >= 0.6 is 0 Å². The summed E-state index contributed by atoms with van der Waals surface area (Å²) < 4.78 is 0. The lowest BCUT2D eigenvalue weighted by atomic mass is 9.44. The summed E-state index contributed by atoms with van der Waals surface area (Å²) in [5.41, 5.74) is 0.382. The lowest BCUT2D eigenvalue weighted by molar-refractivity contribution is -0.163. The summed E-state index contributed by atoms with van der Waals surface area (Å²) in [6, 6.07) is 0. The molecule has 0 aromatic heterocycles. The maximum absolute atomic E-state index is 11.2. The Morgan fingerprint density at radius 2 is 1.41 bits per heavy atom. The van der Waals surface area contributed by atoms with E-state index in [9.17, 15) is 20.4 Å².